The van der Waals surface area contributed by atoms with Crippen molar-refractivity contribution in [1.82, 2.24) is 9.78 Å². The van der Waals surface area contributed by atoms with Crippen molar-refractivity contribution < 1.29 is 4.79 Å². The van der Waals surface area contributed by atoms with Gasteiger partial charge >= 0.3 is 0 Å². The van der Waals surface area contributed by atoms with Crippen LogP contribution >= 0.6 is 23.2 Å². The van der Waals surface area contributed by atoms with E-state index >= 15 is 0 Å². The fourth-order valence-electron chi connectivity index (χ4n) is 1.61. The van der Waals surface area contributed by atoms with Gasteiger partial charge in [-0.05, 0) is 43.3 Å². The smallest absolute Gasteiger partial charge is 0.187 e. The molecule has 1 heterocycles. The lowest BCUT2D eigenvalue weighted by Crippen LogP contribution is -1.95. The summed E-state index contributed by atoms with van der Waals surface area (Å²) in [5.41, 5.74) is 2.19. The molecule has 1 aromatic carbocycles. The minimum absolute atomic E-state index is 0.176. The Morgan fingerprint density at radius 3 is 2.63 bits per heavy atom. The molecule has 19 heavy (non-hydrogen) atoms. The number of carbonyl (C=O) groups is 1. The maximum atomic E-state index is 12.0. The predicted molar refractivity (Wildman–Crippen MR) is 77.8 cm³/mol. The third-order valence-corrected chi connectivity index (χ3v) is 3.28. The number of hydrogen-bond donors (Lipinski definition) is 0. The minimum Gasteiger partial charge on any atom is -0.289 e. The molecule has 2 rings (SSSR count). The van der Waals surface area contributed by atoms with Crippen molar-refractivity contribution in [3.8, 4) is 0 Å². The van der Waals surface area contributed by atoms with Gasteiger partial charge in [0.25, 0.3) is 0 Å². The lowest BCUT2D eigenvalue weighted by Gasteiger charge is -1.99. The first-order valence-electron chi connectivity index (χ1n) is 5.65. The molecule has 0 unspecified atom stereocenters. The van der Waals surface area contributed by atoms with Gasteiger partial charge in [-0.3, -0.25) is 9.48 Å². The zero-order valence-electron chi connectivity index (χ0n) is 10.5. The van der Waals surface area contributed by atoms with E-state index in [-0.39, 0.29) is 5.78 Å². The van der Waals surface area contributed by atoms with E-state index in [1.807, 2.05) is 20.0 Å². The number of halogens is 2. The lowest BCUT2D eigenvalue weighted by molar-refractivity contribution is 0.104. The van der Waals surface area contributed by atoms with E-state index in [1.54, 1.807) is 29.0 Å². The summed E-state index contributed by atoms with van der Waals surface area (Å²) in [6.45, 7) is 1.95. The molecule has 0 aliphatic heterocycles. The van der Waals surface area contributed by atoms with Crippen LogP contribution in [-0.2, 0) is 7.05 Å². The van der Waals surface area contributed by atoms with Crippen molar-refractivity contribution in [2.24, 2.45) is 7.05 Å². The molecule has 5 heteroatoms. The third kappa shape index (κ3) is 3.25. The number of nitrogens with zero attached hydrogens (tertiary/aromatic N) is 2. The second-order valence-corrected chi connectivity index (χ2v) is 5.00. The molecule has 3 nitrogen and oxygen atoms in total. The summed E-state index contributed by atoms with van der Waals surface area (Å²) in [5.74, 6) is -0.176. The Labute approximate surface area is 121 Å². The average molecular weight is 295 g/mol. The minimum atomic E-state index is -0.176. The zero-order valence-corrected chi connectivity index (χ0v) is 12.0. The zero-order chi connectivity index (χ0) is 14.0. The number of ketones is 1. The van der Waals surface area contributed by atoms with Gasteiger partial charge in [0.1, 0.15) is 0 Å². The summed E-state index contributed by atoms with van der Waals surface area (Å²) in [6.07, 6.45) is 3.12. The summed E-state index contributed by atoms with van der Waals surface area (Å²) in [5, 5.41) is 5.09. The Morgan fingerprint density at radius 1 is 1.32 bits per heavy atom. The van der Waals surface area contributed by atoms with Crippen LogP contribution in [0.2, 0.25) is 10.0 Å². The highest BCUT2D eigenvalue weighted by Crippen LogP contribution is 2.21. The normalized spacial score (nSPS) is 11.2. The second kappa shape index (κ2) is 5.59. The molecule has 2 aromatic rings. The first-order chi connectivity index (χ1) is 8.97. The van der Waals surface area contributed by atoms with Crippen LogP contribution in [0, 0.1) is 6.92 Å². The molecule has 1 aromatic heterocycles. The summed E-state index contributed by atoms with van der Waals surface area (Å²) in [7, 11) is 1.85. The Kier molecular flexibility index (Phi) is 4.08. The maximum absolute atomic E-state index is 12.0. The Hall–Kier alpha value is -1.58. The molecule has 0 atom stereocenters. The average Bonchev–Trinajstić information content (AvgIpc) is 2.66. The van der Waals surface area contributed by atoms with Crippen molar-refractivity contribution in [3.05, 3.63) is 57.3 Å². The number of allylic oxidation sites excluding steroid dienone is 1. The molecule has 0 radical (unpaired) electrons. The number of aromatic nitrogens is 2. The molecular formula is C14H12Cl2N2O. The van der Waals surface area contributed by atoms with Crippen molar-refractivity contribution in [3.63, 3.8) is 0 Å². The molecule has 0 saturated carbocycles. The highest BCUT2D eigenvalue weighted by Gasteiger charge is 2.08. The van der Waals surface area contributed by atoms with Gasteiger partial charge in [-0.15, -0.1) is 0 Å². The fourth-order valence-corrected chi connectivity index (χ4v) is 2.11. The van der Waals surface area contributed by atoms with Gasteiger partial charge in [0.05, 0.1) is 10.7 Å². The highest BCUT2D eigenvalue weighted by atomic mass is 35.5. The standard InChI is InChI=1S/C14H12Cl2N2O/c1-9-7-11(17-18(9)2)4-6-14(19)12-5-3-10(15)8-13(12)16/h3-8H,1-2H3/b6-4+. The molecule has 0 saturated heterocycles. The van der Waals surface area contributed by atoms with E-state index < -0.39 is 0 Å². The lowest BCUT2D eigenvalue weighted by atomic mass is 10.1. The van der Waals surface area contributed by atoms with Crippen LogP contribution in [0.3, 0.4) is 0 Å². The number of carbonyl (C=O) groups excluding carboxylic acids is 1. The highest BCUT2D eigenvalue weighted by molar-refractivity contribution is 6.37. The first-order valence-corrected chi connectivity index (χ1v) is 6.41. The number of benzene rings is 1. The van der Waals surface area contributed by atoms with Gasteiger partial charge < -0.3 is 0 Å². The Balaban J connectivity index is 2.21. The number of aryl methyl sites for hydroxylation is 2. The van der Waals surface area contributed by atoms with Crippen LogP contribution in [-0.4, -0.2) is 15.6 Å². The van der Waals surface area contributed by atoms with E-state index in [2.05, 4.69) is 5.10 Å². The van der Waals surface area contributed by atoms with Crippen LogP contribution in [0.1, 0.15) is 21.7 Å². The maximum Gasteiger partial charge on any atom is 0.187 e. The Morgan fingerprint density at radius 2 is 2.05 bits per heavy atom. The molecule has 0 aliphatic carbocycles. The Bertz CT molecular complexity index is 640. The van der Waals surface area contributed by atoms with Gasteiger partial charge in [0, 0.05) is 23.3 Å². The van der Waals surface area contributed by atoms with Crippen LogP contribution < -0.4 is 0 Å². The molecule has 0 aliphatic rings. The number of rotatable bonds is 3. The van der Waals surface area contributed by atoms with Crippen molar-refractivity contribution >= 4 is 35.1 Å². The molecule has 0 fully saturated rings. The topological polar surface area (TPSA) is 34.9 Å². The van der Waals surface area contributed by atoms with Gasteiger partial charge in [-0.2, -0.15) is 5.10 Å². The van der Waals surface area contributed by atoms with E-state index in [0.717, 1.165) is 11.4 Å². The second-order valence-electron chi connectivity index (χ2n) is 4.16. The van der Waals surface area contributed by atoms with E-state index in [4.69, 9.17) is 23.2 Å². The van der Waals surface area contributed by atoms with Crippen LogP contribution in [0.25, 0.3) is 6.08 Å². The fraction of sp³-hybridized carbons (Fsp3) is 0.143. The molecule has 0 bridgehead atoms. The van der Waals surface area contributed by atoms with E-state index in [9.17, 15) is 4.79 Å². The van der Waals surface area contributed by atoms with Crippen LogP contribution in [0.4, 0.5) is 0 Å². The van der Waals surface area contributed by atoms with Gasteiger partial charge in [-0.1, -0.05) is 23.2 Å². The van der Waals surface area contributed by atoms with Crippen molar-refractivity contribution in [1.29, 1.82) is 0 Å². The summed E-state index contributed by atoms with van der Waals surface area (Å²) in [4.78, 5) is 12.0. The molecule has 0 N–H and O–H groups in total. The SMILES string of the molecule is Cc1cc(/C=C/C(=O)c2ccc(Cl)cc2Cl)nn1C. The number of hydrogen-bond acceptors (Lipinski definition) is 2. The molecule has 0 spiro atoms. The van der Waals surface area contributed by atoms with Crippen molar-refractivity contribution in [2.45, 2.75) is 6.92 Å². The van der Waals surface area contributed by atoms with Gasteiger partial charge in [0.15, 0.2) is 5.78 Å². The van der Waals surface area contributed by atoms with E-state index in [1.165, 1.54) is 6.08 Å². The summed E-state index contributed by atoms with van der Waals surface area (Å²) in [6, 6.07) is 6.70. The molecule has 0 amide bonds. The quantitative estimate of drug-likeness (QED) is 0.635. The van der Waals surface area contributed by atoms with Crippen LogP contribution in [0.5, 0.6) is 0 Å². The predicted octanol–water partition coefficient (Wildman–Crippen LogP) is 3.93. The first kappa shape index (κ1) is 13.8. The molecular weight excluding hydrogens is 283 g/mol. The van der Waals surface area contributed by atoms with E-state index in [0.29, 0.717) is 15.6 Å². The largest absolute Gasteiger partial charge is 0.289 e. The molecule has 98 valence electrons. The third-order valence-electron chi connectivity index (χ3n) is 2.73. The van der Waals surface area contributed by atoms with Gasteiger partial charge in [0.2, 0.25) is 0 Å². The summed E-state index contributed by atoms with van der Waals surface area (Å²) >= 11 is 11.8. The van der Waals surface area contributed by atoms with Crippen molar-refractivity contribution in [2.75, 3.05) is 0 Å². The monoisotopic (exact) mass is 294 g/mol. The van der Waals surface area contributed by atoms with Gasteiger partial charge in [-0.25, -0.2) is 0 Å². The summed E-state index contributed by atoms with van der Waals surface area (Å²) < 4.78 is 1.75. The van der Waals surface area contributed by atoms with Crippen LogP contribution in [0.15, 0.2) is 30.3 Å².